The van der Waals surface area contributed by atoms with Crippen LogP contribution in [0.15, 0.2) is 189 Å². The van der Waals surface area contributed by atoms with Gasteiger partial charge in [-0.15, -0.1) is 13.2 Å². The summed E-state index contributed by atoms with van der Waals surface area (Å²) in [4.78, 5) is 0. The van der Waals surface area contributed by atoms with Gasteiger partial charge in [-0.1, -0.05) is 136 Å². The number of fused-ring (bicyclic) bond motifs is 5. The van der Waals surface area contributed by atoms with Crippen molar-refractivity contribution in [1.29, 1.82) is 0 Å². The van der Waals surface area contributed by atoms with Gasteiger partial charge in [-0.3, -0.25) is 0 Å². The van der Waals surface area contributed by atoms with Gasteiger partial charge in [-0.05, 0) is 353 Å². The molecular weight excluding hydrogens is 1570 g/mol. The zero-order chi connectivity index (χ0) is 86.9. The highest BCUT2D eigenvalue weighted by Crippen LogP contribution is 2.36. The van der Waals surface area contributed by atoms with Gasteiger partial charge in [0.1, 0.15) is 29.1 Å². The van der Waals surface area contributed by atoms with Crippen molar-refractivity contribution in [1.82, 2.24) is 0 Å². The van der Waals surface area contributed by atoms with Crippen LogP contribution in [-0.2, 0) is 64.2 Å². The van der Waals surface area contributed by atoms with Crippen molar-refractivity contribution < 1.29 is 65.9 Å². The zero-order valence-electron chi connectivity index (χ0n) is 68.5. The molecule has 0 saturated heterocycles. The fraction of sp³-hybridized carbons (Fsp3) is 0.290. The van der Waals surface area contributed by atoms with Crippen molar-refractivity contribution in [2.24, 2.45) is 29.6 Å². The van der Waals surface area contributed by atoms with E-state index in [0.717, 1.165) is 232 Å². The molecule has 0 nitrogen and oxygen atoms in total. The molecule has 10 aromatic carbocycles. The summed E-state index contributed by atoms with van der Waals surface area (Å²) in [5, 5.41) is 0. The minimum absolute atomic E-state index is 0.283. The summed E-state index contributed by atoms with van der Waals surface area (Å²) in [5.41, 5.74) is 14.0. The quantitative estimate of drug-likeness (QED) is 0.0524. The fourth-order valence-electron chi connectivity index (χ4n) is 16.0. The van der Waals surface area contributed by atoms with Crippen molar-refractivity contribution in [3.05, 3.63) is 388 Å². The van der Waals surface area contributed by atoms with E-state index in [4.69, 9.17) is 0 Å². The summed E-state index contributed by atoms with van der Waals surface area (Å²) < 4.78 is 202. The molecular formula is C107H93F15. The normalized spacial score (nSPS) is 16.2. The number of aryl methyl sites for hydroxylation is 5. The van der Waals surface area contributed by atoms with E-state index in [2.05, 4.69) is 92.3 Å². The minimum atomic E-state index is -0.960. The smallest absolute Gasteiger partial charge is 0.160 e. The molecule has 0 aromatic heterocycles. The third-order valence-electron chi connectivity index (χ3n) is 22.8. The molecule has 5 aliphatic rings. The number of hydrogen-bond donors (Lipinski definition) is 0. The van der Waals surface area contributed by atoms with Gasteiger partial charge in [0.2, 0.25) is 0 Å². The number of halogens is 15. The van der Waals surface area contributed by atoms with Gasteiger partial charge < -0.3 is 0 Å². The third-order valence-corrected chi connectivity index (χ3v) is 22.8. The first-order chi connectivity index (χ1) is 58.8. The Morgan fingerprint density at radius 2 is 0.557 bits per heavy atom. The Morgan fingerprint density at radius 3 is 0.836 bits per heavy atom. The summed E-state index contributed by atoms with van der Waals surface area (Å²) in [6.45, 7) is 13.9. The second kappa shape index (κ2) is 44.1. The average molecular weight is 1660 g/mol. The standard InChI is InChI=1S/C23H23F3.C22H19F3.C21H19F3.C21H17F3.C20H15F3/c1-2-3-4-5-16-6-9-18-14-19(22(25)15-20(18)12-16)10-7-17-8-11-21(24)23(26)13-17;1-2-3-4-15-5-8-17-13-18(21(24)14-19(17)11-15)9-6-16-7-10-20(23)22(25)12-16;2*1-2-3-14-4-7-16-12-17(20(23)13-18(16)10-14)8-5-15-6-9-19(22)21(24)11-15;1-2-13-3-6-15-11-16(19(22)12-17(15)9-13)7-4-14-5-8-18(21)20(23)10-14/h8,11,13-16H,2-6,9,12H2,1H3;2,7,10,12-15H,1,3-5,8,11H2;6,9,11-14H,2-4,7,10H2,1H3;2-3,6,9,11-14H,4,7,10H2,1H3;2,5,8,10-13H,1,3,6,9H2/b;;;3-2+;. The number of rotatable bonds is 11. The zero-order valence-corrected chi connectivity index (χ0v) is 68.5. The van der Waals surface area contributed by atoms with Crippen LogP contribution in [0.1, 0.15) is 216 Å². The maximum atomic E-state index is 14.4. The van der Waals surface area contributed by atoms with E-state index in [9.17, 15) is 65.9 Å². The van der Waals surface area contributed by atoms with E-state index in [0.29, 0.717) is 79.7 Å². The molecule has 0 saturated carbocycles. The lowest BCUT2D eigenvalue weighted by molar-refractivity contribution is 0.407. The molecule has 10 aromatic rings. The van der Waals surface area contributed by atoms with Crippen LogP contribution in [0.25, 0.3) is 0 Å². The molecule has 15 heteroatoms. The van der Waals surface area contributed by atoms with Gasteiger partial charge in [0.15, 0.2) is 58.2 Å². The summed E-state index contributed by atoms with van der Waals surface area (Å²) in [5.74, 6) is 18.8. The Bertz CT molecular complexity index is 5840. The molecule has 15 rings (SSSR count). The first-order valence-corrected chi connectivity index (χ1v) is 41.6. The Hall–Kier alpha value is -11.8. The SMILES string of the molecule is C/C=C/C1CCc2cc(C#Cc3ccc(F)c(F)c3)c(F)cc2C1.C=CC1CCc2cc(C#Cc3ccc(F)c(F)c3)c(F)cc2C1.C=CCCC1CCc2cc(C#Cc3ccc(F)c(F)c3)c(F)cc2C1.CCCC1CCc2cc(C#Cc3ccc(F)c(F)c3)c(F)cc2C1.CCCCCC1CCc2cc(C#Cc3ccc(F)c(F)c3)c(F)cc2C1. The summed E-state index contributed by atoms with van der Waals surface area (Å²) in [6.07, 6.45) is 31.7. The first-order valence-electron chi connectivity index (χ1n) is 41.6. The van der Waals surface area contributed by atoms with Gasteiger partial charge in [0, 0.05) is 27.8 Å². The largest absolute Gasteiger partial charge is 0.206 e. The second-order valence-corrected chi connectivity index (χ2v) is 31.6. The lowest BCUT2D eigenvalue weighted by Gasteiger charge is -2.25. The van der Waals surface area contributed by atoms with Gasteiger partial charge in [-0.2, -0.15) is 0 Å². The molecule has 0 bridgehead atoms. The highest BCUT2D eigenvalue weighted by Gasteiger charge is 2.26. The van der Waals surface area contributed by atoms with Crippen LogP contribution in [0.4, 0.5) is 65.9 Å². The molecule has 5 atom stereocenters. The Kier molecular flexibility index (Phi) is 32.9. The maximum absolute atomic E-state index is 14.4. The van der Waals surface area contributed by atoms with E-state index < -0.39 is 58.2 Å². The average Bonchev–Trinajstić information content (AvgIpc) is 0.809. The molecule has 0 amide bonds. The van der Waals surface area contributed by atoms with Crippen LogP contribution < -0.4 is 0 Å². The predicted octanol–water partition coefficient (Wildman–Crippen LogP) is 27.2. The summed E-state index contributed by atoms with van der Waals surface area (Å²) >= 11 is 0. The van der Waals surface area contributed by atoms with E-state index in [1.807, 2.05) is 31.2 Å². The number of hydrogen-bond acceptors (Lipinski definition) is 0. The lowest BCUT2D eigenvalue weighted by Crippen LogP contribution is -2.15. The Morgan fingerprint density at radius 1 is 0.279 bits per heavy atom. The summed E-state index contributed by atoms with van der Waals surface area (Å²) in [7, 11) is 0. The van der Waals surface area contributed by atoms with E-state index in [1.165, 1.54) is 68.5 Å². The van der Waals surface area contributed by atoms with Crippen molar-refractivity contribution in [2.45, 2.75) is 168 Å². The van der Waals surface area contributed by atoms with Crippen LogP contribution in [0, 0.1) is 176 Å². The molecule has 0 spiro atoms. The van der Waals surface area contributed by atoms with Crippen LogP contribution >= 0.6 is 0 Å². The Balaban J connectivity index is 0.000000149. The minimum Gasteiger partial charge on any atom is -0.206 e. The summed E-state index contributed by atoms with van der Waals surface area (Å²) in [6, 6.07) is 33.9. The van der Waals surface area contributed by atoms with E-state index >= 15 is 0 Å². The molecule has 0 aliphatic heterocycles. The predicted molar refractivity (Wildman–Crippen MR) is 455 cm³/mol. The molecule has 0 heterocycles. The highest BCUT2D eigenvalue weighted by atomic mass is 19.2. The number of allylic oxidation sites excluding steroid dienone is 4. The molecule has 5 aliphatic carbocycles. The van der Waals surface area contributed by atoms with Gasteiger partial charge in [0.25, 0.3) is 0 Å². The van der Waals surface area contributed by atoms with Crippen molar-refractivity contribution >= 4 is 0 Å². The molecule has 0 radical (unpaired) electrons. The van der Waals surface area contributed by atoms with E-state index in [1.54, 1.807) is 48.5 Å². The molecule has 626 valence electrons. The monoisotopic (exact) mass is 1660 g/mol. The van der Waals surface area contributed by atoms with Crippen molar-refractivity contribution in [3.63, 3.8) is 0 Å². The van der Waals surface area contributed by atoms with Crippen molar-refractivity contribution in [3.8, 4) is 59.2 Å². The van der Waals surface area contributed by atoms with Crippen LogP contribution in [0.2, 0.25) is 0 Å². The first kappa shape index (κ1) is 90.9. The van der Waals surface area contributed by atoms with Gasteiger partial charge in [-0.25, -0.2) is 65.9 Å². The second-order valence-electron chi connectivity index (χ2n) is 31.6. The lowest BCUT2D eigenvalue weighted by atomic mass is 9.80. The fourth-order valence-corrected chi connectivity index (χ4v) is 16.0. The highest BCUT2D eigenvalue weighted by molar-refractivity contribution is 5.53. The molecule has 0 N–H and O–H groups in total. The van der Waals surface area contributed by atoms with Crippen LogP contribution in [0.5, 0.6) is 0 Å². The topological polar surface area (TPSA) is 0 Å². The van der Waals surface area contributed by atoms with E-state index in [-0.39, 0.29) is 34.6 Å². The third kappa shape index (κ3) is 25.6. The Labute approximate surface area is 707 Å². The molecule has 0 fully saturated rings. The van der Waals surface area contributed by atoms with Crippen LogP contribution in [0.3, 0.4) is 0 Å². The van der Waals surface area contributed by atoms with Crippen molar-refractivity contribution in [2.75, 3.05) is 0 Å². The molecule has 5 unspecified atom stereocenters. The molecule has 122 heavy (non-hydrogen) atoms. The van der Waals surface area contributed by atoms with Crippen LogP contribution in [-0.4, -0.2) is 0 Å². The number of unbranched alkanes of at least 4 members (excludes halogenated alkanes) is 2. The maximum Gasteiger partial charge on any atom is 0.160 e. The van der Waals surface area contributed by atoms with Gasteiger partial charge in [0.05, 0.1) is 27.8 Å². The number of benzene rings is 10. The van der Waals surface area contributed by atoms with Gasteiger partial charge >= 0.3 is 0 Å².